The normalized spacial score (nSPS) is 16.8. The summed E-state index contributed by atoms with van der Waals surface area (Å²) in [5, 5.41) is 3.28. The molecule has 1 aromatic heterocycles. The number of rotatable bonds is 3. The zero-order valence-electron chi connectivity index (χ0n) is 12.8. The van der Waals surface area contributed by atoms with Gasteiger partial charge in [-0.1, -0.05) is 13.8 Å². The van der Waals surface area contributed by atoms with Crippen molar-refractivity contribution in [3.05, 3.63) is 23.3 Å². The van der Waals surface area contributed by atoms with Gasteiger partial charge in [0.1, 0.15) is 5.82 Å². The molecule has 0 atom stereocenters. The maximum Gasteiger partial charge on any atom is 0.257 e. The Kier molecular flexibility index (Phi) is 4.70. The molecule has 0 radical (unpaired) electrons. The lowest BCUT2D eigenvalue weighted by molar-refractivity contribution is 0.0704. The number of carbonyl (C=O) groups excluding carboxylic acids is 1. The summed E-state index contributed by atoms with van der Waals surface area (Å²) in [4.78, 5) is 23.2. The van der Waals surface area contributed by atoms with Gasteiger partial charge in [0.05, 0.1) is 11.3 Å². The molecule has 5 nitrogen and oxygen atoms in total. The van der Waals surface area contributed by atoms with E-state index in [2.05, 4.69) is 29.1 Å². The van der Waals surface area contributed by atoms with Crippen LogP contribution in [0.3, 0.4) is 0 Å². The summed E-state index contributed by atoms with van der Waals surface area (Å²) in [6, 6.07) is 0.526. The van der Waals surface area contributed by atoms with Crippen LogP contribution in [-0.4, -0.2) is 47.0 Å². The van der Waals surface area contributed by atoms with Gasteiger partial charge in [-0.25, -0.2) is 9.97 Å². The van der Waals surface area contributed by atoms with Crippen LogP contribution in [0.5, 0.6) is 0 Å². The largest absolute Gasteiger partial charge is 0.338 e. The average molecular weight is 276 g/mol. The van der Waals surface area contributed by atoms with E-state index < -0.39 is 0 Å². The highest BCUT2D eigenvalue weighted by atomic mass is 16.2. The molecule has 2 rings (SSSR count). The van der Waals surface area contributed by atoms with E-state index in [4.69, 9.17) is 0 Å². The molecule has 1 saturated heterocycles. The molecule has 5 heteroatoms. The van der Waals surface area contributed by atoms with Gasteiger partial charge in [-0.3, -0.25) is 4.79 Å². The third kappa shape index (κ3) is 3.15. The van der Waals surface area contributed by atoms with Crippen LogP contribution in [-0.2, 0) is 0 Å². The van der Waals surface area contributed by atoms with Crippen LogP contribution in [0.4, 0.5) is 0 Å². The van der Waals surface area contributed by atoms with Gasteiger partial charge >= 0.3 is 0 Å². The van der Waals surface area contributed by atoms with Gasteiger partial charge in [0.25, 0.3) is 5.91 Å². The van der Waals surface area contributed by atoms with E-state index in [1.807, 2.05) is 18.9 Å². The molecular weight excluding hydrogens is 252 g/mol. The fourth-order valence-corrected chi connectivity index (χ4v) is 2.63. The van der Waals surface area contributed by atoms with Gasteiger partial charge in [0.2, 0.25) is 0 Å². The molecule has 0 aromatic carbocycles. The molecule has 1 aromatic rings. The predicted octanol–water partition coefficient (Wildman–Crippen LogP) is 1.73. The predicted molar refractivity (Wildman–Crippen MR) is 78.8 cm³/mol. The molecule has 0 saturated carbocycles. The van der Waals surface area contributed by atoms with E-state index in [-0.39, 0.29) is 11.8 Å². The fourth-order valence-electron chi connectivity index (χ4n) is 2.63. The molecule has 20 heavy (non-hydrogen) atoms. The van der Waals surface area contributed by atoms with E-state index >= 15 is 0 Å². The van der Waals surface area contributed by atoms with Gasteiger partial charge in [-0.15, -0.1) is 0 Å². The summed E-state index contributed by atoms with van der Waals surface area (Å²) in [6.45, 7) is 7.58. The van der Waals surface area contributed by atoms with Crippen molar-refractivity contribution in [2.75, 3.05) is 20.1 Å². The minimum Gasteiger partial charge on any atom is -0.338 e. The van der Waals surface area contributed by atoms with Crippen LogP contribution in [0, 0.1) is 6.92 Å². The first-order valence-corrected chi connectivity index (χ1v) is 7.33. The highest BCUT2D eigenvalue weighted by Crippen LogP contribution is 2.20. The number of nitrogens with one attached hydrogen (secondary N) is 1. The Morgan fingerprint density at radius 2 is 2.05 bits per heavy atom. The highest BCUT2D eigenvalue weighted by Gasteiger charge is 2.25. The van der Waals surface area contributed by atoms with E-state index in [0.717, 1.165) is 37.4 Å². The molecule has 110 valence electrons. The Morgan fingerprint density at radius 3 is 2.60 bits per heavy atom. The maximum absolute atomic E-state index is 12.7. The second kappa shape index (κ2) is 6.31. The van der Waals surface area contributed by atoms with Gasteiger partial charge in [0, 0.05) is 25.3 Å². The van der Waals surface area contributed by atoms with Crippen molar-refractivity contribution < 1.29 is 4.79 Å². The SMILES string of the molecule is CNC1CCN(C(=O)c2cnc(C)nc2C(C)C)CC1. The van der Waals surface area contributed by atoms with Gasteiger partial charge in [-0.2, -0.15) is 0 Å². The lowest BCUT2D eigenvalue weighted by atomic mass is 10.0. The van der Waals surface area contributed by atoms with Gasteiger partial charge in [0.15, 0.2) is 0 Å². The quantitative estimate of drug-likeness (QED) is 0.913. The summed E-state index contributed by atoms with van der Waals surface area (Å²) in [5.74, 6) is 1.02. The van der Waals surface area contributed by atoms with Crippen molar-refractivity contribution in [2.24, 2.45) is 0 Å². The lowest BCUT2D eigenvalue weighted by Crippen LogP contribution is -2.44. The minimum atomic E-state index is 0.0725. The molecule has 0 spiro atoms. The summed E-state index contributed by atoms with van der Waals surface area (Å²) >= 11 is 0. The second-order valence-corrected chi connectivity index (χ2v) is 5.73. The molecule has 1 fully saturated rings. The standard InChI is InChI=1S/C15H24N4O/c1-10(2)14-13(9-17-11(3)18-14)15(20)19-7-5-12(16-4)6-8-19/h9-10,12,16H,5-8H2,1-4H3. The van der Waals surface area contributed by atoms with Crippen molar-refractivity contribution in [3.63, 3.8) is 0 Å². The van der Waals surface area contributed by atoms with Crippen LogP contribution >= 0.6 is 0 Å². The molecule has 1 N–H and O–H groups in total. The Labute approximate surface area is 120 Å². The third-order valence-corrected chi connectivity index (χ3v) is 3.91. The molecule has 1 aliphatic rings. The van der Waals surface area contributed by atoms with Crippen molar-refractivity contribution in [2.45, 2.75) is 45.6 Å². The number of likely N-dealkylation sites (tertiary alicyclic amines) is 1. The maximum atomic E-state index is 12.7. The average Bonchev–Trinajstić information content (AvgIpc) is 2.46. The van der Waals surface area contributed by atoms with E-state index in [9.17, 15) is 4.79 Å². The van der Waals surface area contributed by atoms with Gasteiger partial charge < -0.3 is 10.2 Å². The number of nitrogens with zero attached hydrogens (tertiary/aromatic N) is 3. The van der Waals surface area contributed by atoms with Gasteiger partial charge in [-0.05, 0) is 32.7 Å². The number of amides is 1. The molecule has 0 aliphatic carbocycles. The van der Waals surface area contributed by atoms with Crippen molar-refractivity contribution in [1.82, 2.24) is 20.2 Å². The summed E-state index contributed by atoms with van der Waals surface area (Å²) in [6.07, 6.45) is 3.70. The first-order valence-electron chi connectivity index (χ1n) is 7.33. The van der Waals surface area contributed by atoms with E-state index in [0.29, 0.717) is 11.6 Å². The number of hydrogen-bond donors (Lipinski definition) is 1. The van der Waals surface area contributed by atoms with Crippen molar-refractivity contribution in [1.29, 1.82) is 0 Å². The first-order chi connectivity index (χ1) is 9.52. The molecular formula is C15H24N4O. The number of aromatic nitrogens is 2. The van der Waals surface area contributed by atoms with E-state index in [1.54, 1.807) is 6.20 Å². The fraction of sp³-hybridized carbons (Fsp3) is 0.667. The monoisotopic (exact) mass is 276 g/mol. The van der Waals surface area contributed by atoms with E-state index in [1.165, 1.54) is 0 Å². The zero-order chi connectivity index (χ0) is 14.7. The van der Waals surface area contributed by atoms with Crippen LogP contribution in [0.25, 0.3) is 0 Å². The molecule has 0 unspecified atom stereocenters. The first kappa shape index (κ1) is 14.9. The van der Waals surface area contributed by atoms with Crippen molar-refractivity contribution in [3.8, 4) is 0 Å². The number of hydrogen-bond acceptors (Lipinski definition) is 4. The highest BCUT2D eigenvalue weighted by molar-refractivity contribution is 5.95. The van der Waals surface area contributed by atoms with Crippen molar-refractivity contribution >= 4 is 5.91 Å². The number of piperidine rings is 1. The Morgan fingerprint density at radius 1 is 1.40 bits per heavy atom. The third-order valence-electron chi connectivity index (χ3n) is 3.91. The summed E-state index contributed by atoms with van der Waals surface area (Å²) in [5.41, 5.74) is 1.52. The lowest BCUT2D eigenvalue weighted by Gasteiger charge is -2.32. The summed E-state index contributed by atoms with van der Waals surface area (Å²) < 4.78 is 0. The van der Waals surface area contributed by atoms with Crippen LogP contribution < -0.4 is 5.32 Å². The Bertz CT molecular complexity index is 479. The molecule has 1 amide bonds. The molecule has 2 heterocycles. The van der Waals surface area contributed by atoms with Crippen LogP contribution in [0.15, 0.2) is 6.20 Å². The molecule has 1 aliphatic heterocycles. The smallest absolute Gasteiger partial charge is 0.257 e. The Balaban J connectivity index is 2.17. The van der Waals surface area contributed by atoms with Crippen LogP contribution in [0.1, 0.15) is 54.5 Å². The topological polar surface area (TPSA) is 58.1 Å². The number of aryl methyl sites for hydroxylation is 1. The second-order valence-electron chi connectivity index (χ2n) is 5.73. The van der Waals surface area contributed by atoms with Crippen LogP contribution in [0.2, 0.25) is 0 Å². The zero-order valence-corrected chi connectivity index (χ0v) is 12.8. The Hall–Kier alpha value is -1.49. The summed E-state index contributed by atoms with van der Waals surface area (Å²) in [7, 11) is 1.98. The number of carbonyl (C=O) groups is 1. The molecule has 0 bridgehead atoms. The minimum absolute atomic E-state index is 0.0725.